The van der Waals surface area contributed by atoms with E-state index in [0.717, 1.165) is 11.3 Å². The van der Waals surface area contributed by atoms with E-state index in [-0.39, 0.29) is 5.56 Å². The minimum atomic E-state index is -0.512. The molecule has 1 aliphatic rings. The second kappa shape index (κ2) is 8.88. The molecule has 0 saturated carbocycles. The third-order valence-electron chi connectivity index (χ3n) is 5.13. The average Bonchev–Trinajstić information content (AvgIpc) is 3.33. The number of hydrazine groups is 1. The van der Waals surface area contributed by atoms with E-state index < -0.39 is 11.8 Å². The smallest absolute Gasteiger partial charge is 0.273 e. The lowest BCUT2D eigenvalue weighted by molar-refractivity contribution is 0.0841. The summed E-state index contributed by atoms with van der Waals surface area (Å²) in [5.74, 6) is -0.151. The van der Waals surface area contributed by atoms with E-state index in [2.05, 4.69) is 16.0 Å². The third kappa shape index (κ3) is 4.14. The Balaban J connectivity index is 1.40. The fourth-order valence-electron chi connectivity index (χ4n) is 3.56. The van der Waals surface area contributed by atoms with E-state index in [1.54, 1.807) is 29.1 Å². The van der Waals surface area contributed by atoms with Gasteiger partial charge in [0.15, 0.2) is 11.5 Å². The largest absolute Gasteiger partial charge is 0.486 e. The van der Waals surface area contributed by atoms with Crippen molar-refractivity contribution in [3.05, 3.63) is 96.2 Å². The van der Waals surface area contributed by atoms with E-state index in [4.69, 9.17) is 9.47 Å². The molecule has 0 atom stereocenters. The summed E-state index contributed by atoms with van der Waals surface area (Å²) >= 11 is 0. The number of ether oxygens (including phenoxy) is 2. The van der Waals surface area contributed by atoms with Gasteiger partial charge in [-0.3, -0.25) is 20.4 Å². The SMILES string of the molecule is O=C(NNC(=O)c1cccc2c1OCCO2)c1cn(-c2ccccc2)nc1-c1ccccc1. The van der Waals surface area contributed by atoms with E-state index in [1.165, 1.54) is 0 Å². The zero-order chi connectivity index (χ0) is 22.6. The van der Waals surface area contributed by atoms with Crippen LogP contribution >= 0.6 is 0 Å². The Morgan fingerprint density at radius 3 is 2.18 bits per heavy atom. The normalized spacial score (nSPS) is 12.1. The highest BCUT2D eigenvalue weighted by molar-refractivity contribution is 6.03. The number of fused-ring (bicyclic) bond motifs is 1. The molecule has 33 heavy (non-hydrogen) atoms. The predicted molar refractivity (Wildman–Crippen MR) is 121 cm³/mol. The van der Waals surface area contributed by atoms with Crippen molar-refractivity contribution in [2.45, 2.75) is 0 Å². The van der Waals surface area contributed by atoms with Gasteiger partial charge in [-0.1, -0.05) is 54.6 Å². The molecular weight excluding hydrogens is 420 g/mol. The highest BCUT2D eigenvalue weighted by atomic mass is 16.6. The highest BCUT2D eigenvalue weighted by Gasteiger charge is 2.22. The van der Waals surface area contributed by atoms with Crippen LogP contribution in [0.3, 0.4) is 0 Å². The van der Waals surface area contributed by atoms with Gasteiger partial charge in [-0.15, -0.1) is 0 Å². The number of benzene rings is 3. The summed E-state index contributed by atoms with van der Waals surface area (Å²) in [5.41, 5.74) is 7.64. The van der Waals surface area contributed by atoms with Gasteiger partial charge in [0.05, 0.1) is 16.8 Å². The van der Waals surface area contributed by atoms with Gasteiger partial charge in [0, 0.05) is 11.8 Å². The third-order valence-corrected chi connectivity index (χ3v) is 5.13. The zero-order valence-electron chi connectivity index (χ0n) is 17.5. The maximum absolute atomic E-state index is 13.1. The van der Waals surface area contributed by atoms with Gasteiger partial charge in [0.1, 0.15) is 18.9 Å². The molecule has 1 aliphatic heterocycles. The van der Waals surface area contributed by atoms with Crippen LogP contribution < -0.4 is 20.3 Å². The summed E-state index contributed by atoms with van der Waals surface area (Å²) in [7, 11) is 0. The van der Waals surface area contributed by atoms with E-state index >= 15 is 0 Å². The maximum atomic E-state index is 13.1. The molecule has 0 unspecified atom stereocenters. The molecule has 2 N–H and O–H groups in total. The Morgan fingerprint density at radius 2 is 1.42 bits per heavy atom. The standard InChI is InChI=1S/C25H20N4O4/c30-24(19-12-7-13-21-23(19)33-15-14-32-21)26-27-25(31)20-16-29(18-10-5-2-6-11-18)28-22(20)17-8-3-1-4-9-17/h1-13,16H,14-15H2,(H,26,30)(H,27,31). The van der Waals surface area contributed by atoms with Crippen LogP contribution in [-0.4, -0.2) is 34.8 Å². The predicted octanol–water partition coefficient (Wildman–Crippen LogP) is 3.39. The first-order valence-corrected chi connectivity index (χ1v) is 10.4. The number of hydrogen-bond donors (Lipinski definition) is 2. The fraction of sp³-hybridized carbons (Fsp3) is 0.0800. The first kappa shape index (κ1) is 20.3. The molecule has 0 radical (unpaired) electrons. The molecule has 5 rings (SSSR count). The van der Waals surface area contributed by atoms with Gasteiger partial charge in [0.25, 0.3) is 11.8 Å². The Labute approximate surface area is 189 Å². The number of nitrogens with zero attached hydrogens (tertiary/aromatic N) is 2. The fourth-order valence-corrected chi connectivity index (χ4v) is 3.56. The highest BCUT2D eigenvalue weighted by Crippen LogP contribution is 2.33. The van der Waals surface area contributed by atoms with Crippen molar-refractivity contribution in [2.75, 3.05) is 13.2 Å². The summed E-state index contributed by atoms with van der Waals surface area (Å²) in [5, 5.41) is 4.62. The molecule has 1 aromatic heterocycles. The van der Waals surface area contributed by atoms with Gasteiger partial charge >= 0.3 is 0 Å². The van der Waals surface area contributed by atoms with Crippen LogP contribution in [-0.2, 0) is 0 Å². The van der Waals surface area contributed by atoms with Crippen molar-refractivity contribution >= 4 is 11.8 Å². The van der Waals surface area contributed by atoms with Crippen LogP contribution in [0.25, 0.3) is 16.9 Å². The maximum Gasteiger partial charge on any atom is 0.273 e. The van der Waals surface area contributed by atoms with Gasteiger partial charge < -0.3 is 9.47 Å². The monoisotopic (exact) mass is 440 g/mol. The molecule has 164 valence electrons. The van der Waals surface area contributed by atoms with Gasteiger partial charge in [-0.2, -0.15) is 5.10 Å². The van der Waals surface area contributed by atoms with Gasteiger partial charge in [-0.25, -0.2) is 4.68 Å². The average molecular weight is 440 g/mol. The Hall–Kier alpha value is -4.59. The number of aromatic nitrogens is 2. The van der Waals surface area contributed by atoms with Crippen LogP contribution in [0.1, 0.15) is 20.7 Å². The lowest BCUT2D eigenvalue weighted by Gasteiger charge is -2.20. The first-order valence-electron chi connectivity index (χ1n) is 10.4. The molecule has 4 aromatic rings. The summed E-state index contributed by atoms with van der Waals surface area (Å²) in [6.45, 7) is 0.769. The van der Waals surface area contributed by atoms with Crippen molar-refractivity contribution < 1.29 is 19.1 Å². The van der Waals surface area contributed by atoms with Crippen LogP contribution in [0.4, 0.5) is 0 Å². The number of nitrogens with one attached hydrogen (secondary N) is 2. The Morgan fingerprint density at radius 1 is 0.758 bits per heavy atom. The van der Waals surface area contributed by atoms with Gasteiger partial charge in [0.2, 0.25) is 0 Å². The first-order chi connectivity index (χ1) is 16.2. The van der Waals surface area contributed by atoms with Crippen LogP contribution in [0.2, 0.25) is 0 Å². The van der Waals surface area contributed by atoms with Crippen molar-refractivity contribution in [2.24, 2.45) is 0 Å². The zero-order valence-corrected chi connectivity index (χ0v) is 17.5. The second-order valence-corrected chi connectivity index (χ2v) is 7.28. The van der Waals surface area contributed by atoms with E-state index in [0.29, 0.717) is 36.0 Å². The van der Waals surface area contributed by atoms with Crippen molar-refractivity contribution in [1.29, 1.82) is 0 Å². The summed E-state index contributed by atoms with van der Waals surface area (Å²) in [4.78, 5) is 25.8. The van der Waals surface area contributed by atoms with Crippen LogP contribution in [0.15, 0.2) is 85.1 Å². The molecule has 0 bridgehead atoms. The minimum absolute atomic E-state index is 0.274. The number of carbonyl (C=O) groups is 2. The molecular formula is C25H20N4O4. The number of amides is 2. The molecule has 0 aliphatic carbocycles. The van der Waals surface area contributed by atoms with Crippen molar-refractivity contribution in [3.8, 4) is 28.4 Å². The molecule has 3 aromatic carbocycles. The Kier molecular flexibility index (Phi) is 5.47. The van der Waals surface area contributed by atoms with Crippen molar-refractivity contribution in [1.82, 2.24) is 20.6 Å². The lowest BCUT2D eigenvalue weighted by Crippen LogP contribution is -2.42. The number of rotatable bonds is 4. The van der Waals surface area contributed by atoms with Crippen LogP contribution in [0.5, 0.6) is 11.5 Å². The molecule has 0 saturated heterocycles. The molecule has 0 fully saturated rings. The molecule has 8 nitrogen and oxygen atoms in total. The summed E-state index contributed by atoms with van der Waals surface area (Å²) in [6, 6.07) is 23.9. The number of carbonyl (C=O) groups excluding carboxylic acids is 2. The Bertz CT molecular complexity index is 1300. The summed E-state index contributed by atoms with van der Waals surface area (Å²) < 4.78 is 12.7. The molecule has 0 spiro atoms. The quantitative estimate of drug-likeness (QED) is 0.475. The van der Waals surface area contributed by atoms with E-state index in [9.17, 15) is 9.59 Å². The molecule has 8 heteroatoms. The van der Waals surface area contributed by atoms with Gasteiger partial charge in [-0.05, 0) is 24.3 Å². The topological polar surface area (TPSA) is 94.5 Å². The van der Waals surface area contributed by atoms with E-state index in [1.807, 2.05) is 60.7 Å². The molecule has 2 amide bonds. The lowest BCUT2D eigenvalue weighted by atomic mass is 10.1. The number of para-hydroxylation sites is 2. The summed E-state index contributed by atoms with van der Waals surface area (Å²) in [6.07, 6.45) is 1.64. The van der Waals surface area contributed by atoms with Crippen LogP contribution in [0, 0.1) is 0 Å². The second-order valence-electron chi connectivity index (χ2n) is 7.28. The minimum Gasteiger partial charge on any atom is -0.486 e. The van der Waals surface area contributed by atoms with Crippen molar-refractivity contribution in [3.63, 3.8) is 0 Å². The number of hydrogen-bond acceptors (Lipinski definition) is 5. The molecule has 2 heterocycles.